The Morgan fingerprint density at radius 1 is 1.18 bits per heavy atom. The fourth-order valence-electron chi connectivity index (χ4n) is 6.34. The van der Waals surface area contributed by atoms with E-state index in [4.69, 9.17) is 4.74 Å². The Hall–Kier alpha value is -2.19. The Balaban J connectivity index is 2.07. The van der Waals surface area contributed by atoms with E-state index in [9.17, 15) is 19.5 Å². The lowest BCUT2D eigenvalue weighted by molar-refractivity contribution is -0.154. The molecule has 5 atom stereocenters. The van der Waals surface area contributed by atoms with Gasteiger partial charge in [0.1, 0.15) is 11.6 Å². The highest BCUT2D eigenvalue weighted by Gasteiger charge is 2.78. The zero-order chi connectivity index (χ0) is 25.1. The van der Waals surface area contributed by atoms with Crippen molar-refractivity contribution >= 4 is 17.7 Å². The second-order valence-corrected chi connectivity index (χ2v) is 9.88. The first kappa shape index (κ1) is 26.4. The topological polar surface area (TPSA) is 90.4 Å². The summed E-state index contributed by atoms with van der Waals surface area (Å²) >= 11 is 0. The summed E-state index contributed by atoms with van der Waals surface area (Å²) in [6.07, 6.45) is 7.32. The molecule has 2 unspecified atom stereocenters. The van der Waals surface area contributed by atoms with Crippen LogP contribution in [0.3, 0.4) is 0 Å². The zero-order valence-electron chi connectivity index (χ0n) is 21.0. The van der Waals surface area contributed by atoms with Crippen LogP contribution in [0.5, 0.6) is 0 Å². The number of amides is 3. The van der Waals surface area contributed by atoms with E-state index in [1.807, 2.05) is 6.92 Å². The summed E-state index contributed by atoms with van der Waals surface area (Å²) in [5.74, 6) is -1.83. The van der Waals surface area contributed by atoms with Gasteiger partial charge in [-0.05, 0) is 32.1 Å². The molecule has 1 N–H and O–H groups in total. The van der Waals surface area contributed by atoms with E-state index in [0.29, 0.717) is 45.3 Å². The monoisotopic (exact) mass is 475 g/mol. The molecule has 3 saturated heterocycles. The summed E-state index contributed by atoms with van der Waals surface area (Å²) < 4.78 is 6.76. The van der Waals surface area contributed by atoms with Crippen LogP contribution < -0.4 is 0 Å². The summed E-state index contributed by atoms with van der Waals surface area (Å²) in [6, 6.07) is -0.802. The number of fused-ring (bicyclic) bond motifs is 1. The molecule has 8 heteroatoms. The van der Waals surface area contributed by atoms with Crippen LogP contribution in [0, 0.1) is 11.8 Å². The van der Waals surface area contributed by atoms with E-state index in [2.05, 4.69) is 20.1 Å². The molecule has 3 heterocycles. The van der Waals surface area contributed by atoms with Crippen molar-refractivity contribution in [3.05, 3.63) is 25.3 Å². The predicted molar refractivity (Wildman–Crippen MR) is 130 cm³/mol. The number of likely N-dealkylation sites (tertiary alicyclic amines) is 1. The molecule has 190 valence electrons. The number of unbranched alkanes of at least 4 members (excludes halogenated alkanes) is 1. The molecule has 0 aliphatic carbocycles. The fourth-order valence-corrected chi connectivity index (χ4v) is 6.34. The number of hydrogen-bond acceptors (Lipinski definition) is 5. The van der Waals surface area contributed by atoms with Crippen LogP contribution in [0.4, 0.5) is 0 Å². The van der Waals surface area contributed by atoms with Crippen molar-refractivity contribution in [3.63, 3.8) is 0 Å². The molecule has 8 nitrogen and oxygen atoms in total. The van der Waals surface area contributed by atoms with E-state index < -0.39 is 29.1 Å². The minimum atomic E-state index is -1.03. The van der Waals surface area contributed by atoms with Crippen LogP contribution in [-0.4, -0.2) is 94.6 Å². The van der Waals surface area contributed by atoms with Gasteiger partial charge >= 0.3 is 0 Å². The van der Waals surface area contributed by atoms with Crippen molar-refractivity contribution in [2.24, 2.45) is 11.8 Å². The number of nitrogens with zero attached hydrogens (tertiary/aromatic N) is 3. The SMILES string of the molecule is C=CCN(C)C(=O)[C@H]1[C@H]2C(=O)N(CCCO)C(C(=O)N(CC=C)CCCC)C23CC[C@]1(CC)O3. The number of ether oxygens (including phenoxy) is 1. The Morgan fingerprint density at radius 3 is 2.47 bits per heavy atom. The molecule has 3 rings (SSSR count). The van der Waals surface area contributed by atoms with Crippen LogP contribution in [0.1, 0.15) is 52.4 Å². The van der Waals surface area contributed by atoms with Gasteiger partial charge in [0.05, 0.1) is 17.4 Å². The number of likely N-dealkylation sites (N-methyl/N-ethyl adjacent to an activating group) is 1. The molecular weight excluding hydrogens is 434 g/mol. The lowest BCUT2D eigenvalue weighted by Gasteiger charge is -2.37. The fraction of sp³-hybridized carbons (Fsp3) is 0.731. The van der Waals surface area contributed by atoms with Gasteiger partial charge in [-0.25, -0.2) is 0 Å². The smallest absolute Gasteiger partial charge is 0.248 e. The molecule has 2 bridgehead atoms. The predicted octanol–water partition coefficient (Wildman–Crippen LogP) is 1.98. The van der Waals surface area contributed by atoms with Gasteiger partial charge in [-0.15, -0.1) is 13.2 Å². The third-order valence-corrected chi connectivity index (χ3v) is 7.96. The molecule has 3 fully saturated rings. The standard InChI is InChI=1S/C26H41N3O5/c1-6-10-16-28(15-8-3)24(33)21-26-13-12-25(9-4,34-26)19(22(31)27(5)14-7-2)20(26)23(32)29(21)17-11-18-30/h7-8,19-21,30H,2-3,6,9-18H2,1,4-5H3/t19-,20+,21?,25+,26?/m1/s1. The Kier molecular flexibility index (Phi) is 8.24. The number of rotatable bonds is 13. The van der Waals surface area contributed by atoms with Crippen LogP contribution in [-0.2, 0) is 19.1 Å². The van der Waals surface area contributed by atoms with Gasteiger partial charge in [-0.3, -0.25) is 14.4 Å². The van der Waals surface area contributed by atoms with Gasteiger partial charge in [0.15, 0.2) is 0 Å². The van der Waals surface area contributed by atoms with Crippen LogP contribution in [0.15, 0.2) is 25.3 Å². The third kappa shape index (κ3) is 4.09. The highest BCUT2D eigenvalue weighted by Crippen LogP contribution is 2.64. The Morgan fingerprint density at radius 2 is 1.88 bits per heavy atom. The van der Waals surface area contributed by atoms with Gasteiger partial charge in [-0.2, -0.15) is 0 Å². The van der Waals surface area contributed by atoms with Gasteiger partial charge in [0, 0.05) is 39.8 Å². The second-order valence-electron chi connectivity index (χ2n) is 9.88. The first-order valence-corrected chi connectivity index (χ1v) is 12.7. The first-order valence-electron chi connectivity index (χ1n) is 12.7. The normalized spacial score (nSPS) is 31.5. The summed E-state index contributed by atoms with van der Waals surface area (Å²) in [6.45, 7) is 13.1. The van der Waals surface area contributed by atoms with Crippen LogP contribution in [0.25, 0.3) is 0 Å². The van der Waals surface area contributed by atoms with E-state index in [1.165, 1.54) is 0 Å². The first-order chi connectivity index (χ1) is 16.3. The van der Waals surface area contributed by atoms with Gasteiger partial charge < -0.3 is 24.5 Å². The lowest BCUT2D eigenvalue weighted by atomic mass is 9.64. The van der Waals surface area contributed by atoms with E-state index in [-0.39, 0.29) is 30.9 Å². The quantitative estimate of drug-likeness (QED) is 0.412. The largest absolute Gasteiger partial charge is 0.396 e. The highest BCUT2D eigenvalue weighted by molar-refractivity contribution is 5.99. The molecule has 0 aromatic rings. The Bertz CT molecular complexity index is 816. The summed E-state index contributed by atoms with van der Waals surface area (Å²) in [5, 5.41) is 9.48. The number of hydrogen-bond donors (Lipinski definition) is 1. The number of aliphatic hydroxyl groups excluding tert-OH is 1. The number of carbonyl (C=O) groups excluding carboxylic acids is 3. The Labute approximate surface area is 203 Å². The maximum Gasteiger partial charge on any atom is 0.248 e. The molecule has 0 radical (unpaired) electrons. The molecule has 0 aromatic heterocycles. The van der Waals surface area contributed by atoms with Crippen molar-refractivity contribution in [1.29, 1.82) is 0 Å². The summed E-state index contributed by atoms with van der Waals surface area (Å²) in [4.78, 5) is 46.5. The van der Waals surface area contributed by atoms with Crippen molar-refractivity contribution in [1.82, 2.24) is 14.7 Å². The molecule has 3 amide bonds. The maximum absolute atomic E-state index is 14.0. The molecule has 1 spiro atoms. The molecule has 34 heavy (non-hydrogen) atoms. The average molecular weight is 476 g/mol. The minimum Gasteiger partial charge on any atom is -0.396 e. The van der Waals surface area contributed by atoms with Gasteiger partial charge in [0.2, 0.25) is 17.7 Å². The number of carbonyl (C=O) groups is 3. The van der Waals surface area contributed by atoms with Crippen molar-refractivity contribution in [2.75, 3.05) is 39.8 Å². The van der Waals surface area contributed by atoms with Crippen molar-refractivity contribution < 1.29 is 24.2 Å². The zero-order valence-corrected chi connectivity index (χ0v) is 21.0. The molecule has 3 aliphatic heterocycles. The van der Waals surface area contributed by atoms with Crippen molar-refractivity contribution in [2.45, 2.75) is 69.6 Å². The second kappa shape index (κ2) is 10.6. The van der Waals surface area contributed by atoms with Crippen LogP contribution in [0.2, 0.25) is 0 Å². The lowest BCUT2D eigenvalue weighted by Crippen LogP contribution is -2.56. The molecule has 3 aliphatic rings. The minimum absolute atomic E-state index is 0.0846. The highest BCUT2D eigenvalue weighted by atomic mass is 16.5. The average Bonchev–Trinajstić information content (AvgIpc) is 3.43. The summed E-state index contributed by atoms with van der Waals surface area (Å²) in [7, 11) is 1.72. The van der Waals surface area contributed by atoms with Gasteiger partial charge in [-0.1, -0.05) is 32.4 Å². The van der Waals surface area contributed by atoms with Crippen LogP contribution >= 0.6 is 0 Å². The molecule has 0 aromatic carbocycles. The van der Waals surface area contributed by atoms with E-state index in [0.717, 1.165) is 12.8 Å². The number of aliphatic hydroxyl groups is 1. The third-order valence-electron chi connectivity index (χ3n) is 7.96. The summed E-state index contributed by atoms with van der Waals surface area (Å²) in [5.41, 5.74) is -1.78. The van der Waals surface area contributed by atoms with E-state index in [1.54, 1.807) is 33.9 Å². The van der Waals surface area contributed by atoms with Gasteiger partial charge in [0.25, 0.3) is 0 Å². The van der Waals surface area contributed by atoms with E-state index >= 15 is 0 Å². The van der Waals surface area contributed by atoms with Crippen molar-refractivity contribution in [3.8, 4) is 0 Å². The maximum atomic E-state index is 14.0. The molecule has 0 saturated carbocycles. The molecular formula is C26H41N3O5.